The Hall–Kier alpha value is 0. The van der Waals surface area contributed by atoms with Crippen LogP contribution in [0.5, 0.6) is 0 Å². The van der Waals surface area contributed by atoms with E-state index in [1.54, 1.807) is 0 Å². The molecular formula is C12H26. The average Bonchev–Trinajstić information content (AvgIpc) is 2.05. The molecule has 0 fully saturated rings. The first-order chi connectivity index (χ1) is 5.61. The van der Waals surface area contributed by atoms with Crippen molar-refractivity contribution in [3.63, 3.8) is 0 Å². The molecule has 1 atom stereocenters. The minimum absolute atomic E-state index is 0.861. The summed E-state index contributed by atoms with van der Waals surface area (Å²) in [5.41, 5.74) is 0. The molecule has 0 aromatic carbocycles. The monoisotopic (exact) mass is 170 g/mol. The van der Waals surface area contributed by atoms with Gasteiger partial charge in [0.25, 0.3) is 0 Å². The molecule has 0 rings (SSSR count). The van der Waals surface area contributed by atoms with E-state index >= 15 is 0 Å². The third-order valence-corrected chi connectivity index (χ3v) is 3.32. The van der Waals surface area contributed by atoms with Crippen molar-refractivity contribution < 1.29 is 0 Å². The molecule has 0 heteroatoms. The Bertz CT molecular complexity index is 88.2. The standard InChI is InChI=1S/C12H26/c1-6-12(7-2)9-8-11(5)10(3)4/h10-12H,6-9H2,1-5H3. The van der Waals surface area contributed by atoms with Crippen LogP contribution in [-0.2, 0) is 0 Å². The molecule has 0 saturated heterocycles. The fourth-order valence-electron chi connectivity index (χ4n) is 1.53. The number of hydrogen-bond acceptors (Lipinski definition) is 0. The minimum atomic E-state index is 0.861. The lowest BCUT2D eigenvalue weighted by molar-refractivity contribution is 0.333. The summed E-state index contributed by atoms with van der Waals surface area (Å²) in [7, 11) is 0. The maximum absolute atomic E-state index is 2.38. The van der Waals surface area contributed by atoms with Crippen LogP contribution in [-0.4, -0.2) is 0 Å². The number of hydrogen-bond donors (Lipinski definition) is 0. The second-order valence-electron chi connectivity index (χ2n) is 4.48. The average molecular weight is 170 g/mol. The molecule has 0 bridgehead atoms. The van der Waals surface area contributed by atoms with Gasteiger partial charge in [0.2, 0.25) is 0 Å². The van der Waals surface area contributed by atoms with Gasteiger partial charge in [0.05, 0.1) is 0 Å². The molecule has 0 aliphatic carbocycles. The van der Waals surface area contributed by atoms with Crippen molar-refractivity contribution in [1.82, 2.24) is 0 Å². The second kappa shape index (κ2) is 6.51. The first-order valence-electron chi connectivity index (χ1n) is 5.61. The van der Waals surface area contributed by atoms with Crippen LogP contribution >= 0.6 is 0 Å². The second-order valence-corrected chi connectivity index (χ2v) is 4.48. The van der Waals surface area contributed by atoms with Gasteiger partial charge in [-0.3, -0.25) is 0 Å². The van der Waals surface area contributed by atoms with Crippen LogP contribution in [0.2, 0.25) is 0 Å². The molecule has 0 aromatic heterocycles. The highest BCUT2D eigenvalue weighted by atomic mass is 14.2. The zero-order chi connectivity index (χ0) is 9.56. The summed E-state index contributed by atoms with van der Waals surface area (Å²) in [6.07, 6.45) is 5.58. The molecule has 74 valence electrons. The van der Waals surface area contributed by atoms with Gasteiger partial charge in [-0.1, -0.05) is 60.3 Å². The highest BCUT2D eigenvalue weighted by molar-refractivity contribution is 4.61. The minimum Gasteiger partial charge on any atom is -0.0651 e. The van der Waals surface area contributed by atoms with E-state index < -0.39 is 0 Å². The van der Waals surface area contributed by atoms with Crippen molar-refractivity contribution in [3.8, 4) is 0 Å². The lowest BCUT2D eigenvalue weighted by Gasteiger charge is -2.18. The smallest absolute Gasteiger partial charge is 0.0419 e. The molecule has 0 saturated carbocycles. The molecule has 0 spiro atoms. The van der Waals surface area contributed by atoms with Crippen molar-refractivity contribution in [2.24, 2.45) is 17.8 Å². The zero-order valence-corrected chi connectivity index (χ0v) is 9.56. The lowest BCUT2D eigenvalue weighted by atomic mass is 9.88. The van der Waals surface area contributed by atoms with E-state index in [9.17, 15) is 0 Å². The third kappa shape index (κ3) is 4.79. The van der Waals surface area contributed by atoms with Crippen molar-refractivity contribution in [1.29, 1.82) is 0 Å². The predicted octanol–water partition coefficient (Wildman–Crippen LogP) is 4.49. The van der Waals surface area contributed by atoms with Crippen LogP contribution in [0.25, 0.3) is 0 Å². The third-order valence-electron chi connectivity index (χ3n) is 3.32. The molecule has 0 amide bonds. The summed E-state index contributed by atoms with van der Waals surface area (Å²) in [4.78, 5) is 0. The van der Waals surface area contributed by atoms with Gasteiger partial charge < -0.3 is 0 Å². The van der Waals surface area contributed by atoms with Crippen molar-refractivity contribution in [2.45, 2.75) is 60.3 Å². The van der Waals surface area contributed by atoms with Crippen molar-refractivity contribution in [2.75, 3.05) is 0 Å². The summed E-state index contributed by atoms with van der Waals surface area (Å²) >= 11 is 0. The maximum atomic E-state index is 2.38. The van der Waals surface area contributed by atoms with Gasteiger partial charge in [0.15, 0.2) is 0 Å². The van der Waals surface area contributed by atoms with E-state index in [0.29, 0.717) is 0 Å². The summed E-state index contributed by atoms with van der Waals surface area (Å²) in [6.45, 7) is 11.7. The Morgan fingerprint density at radius 3 is 1.67 bits per heavy atom. The maximum Gasteiger partial charge on any atom is -0.0419 e. The van der Waals surface area contributed by atoms with E-state index in [1.165, 1.54) is 25.7 Å². The van der Waals surface area contributed by atoms with Crippen LogP contribution in [0.15, 0.2) is 0 Å². The predicted molar refractivity (Wildman–Crippen MR) is 57.3 cm³/mol. The van der Waals surface area contributed by atoms with Crippen LogP contribution in [0.3, 0.4) is 0 Å². The van der Waals surface area contributed by atoms with Gasteiger partial charge in [-0.2, -0.15) is 0 Å². The fourth-order valence-corrected chi connectivity index (χ4v) is 1.53. The zero-order valence-electron chi connectivity index (χ0n) is 9.56. The van der Waals surface area contributed by atoms with Crippen molar-refractivity contribution in [3.05, 3.63) is 0 Å². The van der Waals surface area contributed by atoms with E-state index in [1.807, 2.05) is 0 Å². The molecule has 0 heterocycles. The largest absolute Gasteiger partial charge is 0.0651 e. The molecule has 0 aliphatic rings. The van der Waals surface area contributed by atoms with Crippen LogP contribution < -0.4 is 0 Å². The Balaban J connectivity index is 3.51. The summed E-state index contributed by atoms with van der Waals surface area (Å²) in [5.74, 6) is 2.75. The van der Waals surface area contributed by atoms with Gasteiger partial charge in [-0.05, 0) is 17.8 Å². The molecule has 0 radical (unpaired) electrons. The van der Waals surface area contributed by atoms with E-state index in [0.717, 1.165) is 17.8 Å². The molecule has 0 nitrogen and oxygen atoms in total. The van der Waals surface area contributed by atoms with Crippen LogP contribution in [0.1, 0.15) is 60.3 Å². The summed E-state index contributed by atoms with van der Waals surface area (Å²) in [6, 6.07) is 0. The molecular weight excluding hydrogens is 144 g/mol. The van der Waals surface area contributed by atoms with E-state index in [2.05, 4.69) is 34.6 Å². The van der Waals surface area contributed by atoms with E-state index in [-0.39, 0.29) is 0 Å². The molecule has 1 unspecified atom stereocenters. The Labute approximate surface area is 78.8 Å². The van der Waals surface area contributed by atoms with Crippen LogP contribution in [0.4, 0.5) is 0 Å². The topological polar surface area (TPSA) is 0 Å². The Morgan fingerprint density at radius 2 is 1.33 bits per heavy atom. The summed E-state index contributed by atoms with van der Waals surface area (Å²) in [5, 5.41) is 0. The SMILES string of the molecule is CCC(CC)CCC(C)C(C)C. The van der Waals surface area contributed by atoms with Crippen LogP contribution in [0, 0.1) is 17.8 Å². The molecule has 0 aliphatic heterocycles. The fraction of sp³-hybridized carbons (Fsp3) is 1.00. The summed E-state index contributed by atoms with van der Waals surface area (Å²) < 4.78 is 0. The number of rotatable bonds is 6. The van der Waals surface area contributed by atoms with Gasteiger partial charge in [-0.25, -0.2) is 0 Å². The molecule has 0 N–H and O–H groups in total. The Morgan fingerprint density at radius 1 is 0.833 bits per heavy atom. The van der Waals surface area contributed by atoms with Gasteiger partial charge in [-0.15, -0.1) is 0 Å². The first kappa shape index (κ1) is 12.0. The highest BCUT2D eigenvalue weighted by Gasteiger charge is 2.09. The Kier molecular flexibility index (Phi) is 6.51. The van der Waals surface area contributed by atoms with E-state index in [4.69, 9.17) is 0 Å². The normalized spacial score (nSPS) is 14.2. The molecule has 12 heavy (non-hydrogen) atoms. The first-order valence-corrected chi connectivity index (χ1v) is 5.61. The quantitative estimate of drug-likeness (QED) is 0.551. The van der Waals surface area contributed by atoms with Crippen molar-refractivity contribution >= 4 is 0 Å². The van der Waals surface area contributed by atoms with Gasteiger partial charge in [0, 0.05) is 0 Å². The lowest BCUT2D eigenvalue weighted by Crippen LogP contribution is -2.07. The van der Waals surface area contributed by atoms with Gasteiger partial charge >= 0.3 is 0 Å². The molecule has 0 aromatic rings. The van der Waals surface area contributed by atoms with Gasteiger partial charge in [0.1, 0.15) is 0 Å². The highest BCUT2D eigenvalue weighted by Crippen LogP contribution is 2.22.